The van der Waals surface area contributed by atoms with Crippen molar-refractivity contribution in [2.45, 2.75) is 6.92 Å². The van der Waals surface area contributed by atoms with Crippen molar-refractivity contribution in [2.24, 2.45) is 0 Å². The van der Waals surface area contributed by atoms with Gasteiger partial charge in [0.2, 0.25) is 0 Å². The molecule has 1 aliphatic heterocycles. The highest BCUT2D eigenvalue weighted by Crippen LogP contribution is 2.11. The lowest BCUT2D eigenvalue weighted by atomic mass is 10.1. The first-order chi connectivity index (χ1) is 9.49. The van der Waals surface area contributed by atoms with Crippen LogP contribution in [0.15, 0.2) is 60.0 Å². The van der Waals surface area contributed by atoms with Gasteiger partial charge in [0, 0.05) is 5.57 Å². The number of barbiturate groups is 1. The molecule has 0 radical (unpaired) electrons. The fraction of sp³-hybridized carbons (Fsp3) is 0.0714. The van der Waals surface area contributed by atoms with E-state index in [-0.39, 0.29) is 11.1 Å². The number of hydrogen-bond acceptors (Lipinski definition) is 3. The van der Waals surface area contributed by atoms with Gasteiger partial charge in [-0.05, 0) is 19.1 Å². The molecule has 1 aliphatic rings. The van der Waals surface area contributed by atoms with Gasteiger partial charge in [-0.3, -0.25) is 20.2 Å². The Balaban J connectivity index is 2.98. The summed E-state index contributed by atoms with van der Waals surface area (Å²) in [4.78, 5) is 33.6. The minimum Gasteiger partial charge on any atom is -0.273 e. The van der Waals surface area contributed by atoms with Crippen molar-refractivity contribution in [3.8, 4) is 0 Å². The monoisotopic (exact) mass is 276 g/mol. The van der Waals surface area contributed by atoms with Crippen LogP contribution in [0, 0.1) is 0 Å². The normalized spacial score (nSPS) is 17.1. The van der Waals surface area contributed by atoms with E-state index in [1.807, 2.05) is 10.6 Å². The Kier molecular flexibility index (Phi) is 5.34. The standard InChI is InChI=1S/C14H13FN2O3/c1-3-6-9(11(15)4-2)7-5-8-10-12(18)16-14(20)17-13(10)19/h3-8H,2H2,1H3,(H2,16,17,18,19,20)/b6-3-,7-5+,11-9-. The van der Waals surface area contributed by atoms with Crippen LogP contribution in [0.3, 0.4) is 0 Å². The summed E-state index contributed by atoms with van der Waals surface area (Å²) >= 11 is 0. The molecule has 6 heteroatoms. The van der Waals surface area contributed by atoms with Gasteiger partial charge in [-0.15, -0.1) is 0 Å². The van der Waals surface area contributed by atoms with Crippen LogP contribution in [-0.4, -0.2) is 17.8 Å². The number of carbonyl (C=O) groups excluding carboxylic acids is 3. The Morgan fingerprint density at radius 2 is 1.75 bits per heavy atom. The molecule has 2 N–H and O–H groups in total. The van der Waals surface area contributed by atoms with Gasteiger partial charge in [0.1, 0.15) is 11.4 Å². The molecule has 0 aromatic rings. The molecule has 0 aliphatic carbocycles. The Hall–Kier alpha value is -2.76. The SMILES string of the molecule is C=C/C(F)=C(\C=C/C)/C=C/C=C1C(=O)NC(=O)NC1=O. The quantitative estimate of drug-likeness (QED) is 0.467. The number of amides is 4. The van der Waals surface area contributed by atoms with E-state index in [1.165, 1.54) is 24.3 Å². The number of halogens is 1. The molecular weight excluding hydrogens is 263 g/mol. The first kappa shape index (κ1) is 15.3. The maximum absolute atomic E-state index is 13.4. The zero-order valence-electron chi connectivity index (χ0n) is 10.8. The second kappa shape index (κ2) is 6.98. The molecule has 1 fully saturated rings. The molecule has 20 heavy (non-hydrogen) atoms. The van der Waals surface area contributed by atoms with Gasteiger partial charge in [0.15, 0.2) is 0 Å². The summed E-state index contributed by atoms with van der Waals surface area (Å²) in [5.74, 6) is -2.14. The predicted molar refractivity (Wildman–Crippen MR) is 72.0 cm³/mol. The van der Waals surface area contributed by atoms with Gasteiger partial charge in [-0.1, -0.05) is 30.9 Å². The van der Waals surface area contributed by atoms with E-state index in [2.05, 4.69) is 6.58 Å². The molecule has 0 spiro atoms. The number of allylic oxidation sites excluding steroid dienone is 8. The van der Waals surface area contributed by atoms with Crippen LogP contribution in [0.2, 0.25) is 0 Å². The Labute approximate surface area is 115 Å². The highest BCUT2D eigenvalue weighted by molar-refractivity contribution is 6.29. The van der Waals surface area contributed by atoms with Crippen LogP contribution in [0.5, 0.6) is 0 Å². The van der Waals surface area contributed by atoms with E-state index >= 15 is 0 Å². The highest BCUT2D eigenvalue weighted by atomic mass is 19.1. The van der Waals surface area contributed by atoms with Crippen molar-refractivity contribution in [2.75, 3.05) is 0 Å². The van der Waals surface area contributed by atoms with Gasteiger partial charge < -0.3 is 0 Å². The van der Waals surface area contributed by atoms with Crippen LogP contribution in [0.25, 0.3) is 0 Å². The van der Waals surface area contributed by atoms with Gasteiger partial charge in [-0.2, -0.15) is 0 Å². The maximum Gasteiger partial charge on any atom is 0.328 e. The van der Waals surface area contributed by atoms with Gasteiger partial charge >= 0.3 is 6.03 Å². The van der Waals surface area contributed by atoms with E-state index < -0.39 is 23.7 Å². The lowest BCUT2D eigenvalue weighted by molar-refractivity contribution is -0.124. The average Bonchev–Trinajstić information content (AvgIpc) is 2.39. The summed E-state index contributed by atoms with van der Waals surface area (Å²) in [7, 11) is 0. The Bertz CT molecular complexity index is 561. The summed E-state index contributed by atoms with van der Waals surface area (Å²) in [5, 5.41) is 3.86. The van der Waals surface area contributed by atoms with Gasteiger partial charge in [0.25, 0.3) is 11.8 Å². The smallest absolute Gasteiger partial charge is 0.273 e. The van der Waals surface area contributed by atoms with Crippen LogP contribution in [-0.2, 0) is 9.59 Å². The minimum atomic E-state index is -0.867. The van der Waals surface area contributed by atoms with Crippen molar-refractivity contribution < 1.29 is 18.8 Å². The summed E-state index contributed by atoms with van der Waals surface area (Å²) < 4.78 is 13.4. The molecule has 0 unspecified atom stereocenters. The molecule has 4 amide bonds. The molecule has 1 saturated heterocycles. The van der Waals surface area contributed by atoms with Crippen molar-refractivity contribution in [3.05, 3.63) is 60.0 Å². The third kappa shape index (κ3) is 3.88. The van der Waals surface area contributed by atoms with Gasteiger partial charge in [-0.25, -0.2) is 9.18 Å². The van der Waals surface area contributed by atoms with Crippen LogP contribution in [0.1, 0.15) is 6.92 Å². The fourth-order valence-electron chi connectivity index (χ4n) is 1.39. The topological polar surface area (TPSA) is 75.3 Å². The zero-order chi connectivity index (χ0) is 15.1. The summed E-state index contributed by atoms with van der Waals surface area (Å²) in [6.07, 6.45) is 8.09. The molecular formula is C14H13FN2O3. The molecule has 1 heterocycles. The second-order valence-electron chi connectivity index (χ2n) is 3.68. The molecule has 0 aromatic heterocycles. The lowest BCUT2D eigenvalue weighted by Gasteiger charge is -2.12. The van der Waals surface area contributed by atoms with Crippen LogP contribution < -0.4 is 10.6 Å². The molecule has 0 aromatic carbocycles. The van der Waals surface area contributed by atoms with E-state index in [4.69, 9.17) is 0 Å². The van der Waals surface area contributed by atoms with Crippen molar-refractivity contribution in [1.29, 1.82) is 0 Å². The van der Waals surface area contributed by atoms with Gasteiger partial charge in [0.05, 0.1) is 0 Å². The van der Waals surface area contributed by atoms with E-state index in [1.54, 1.807) is 13.0 Å². The molecule has 1 rings (SSSR count). The average molecular weight is 276 g/mol. The first-order valence-corrected chi connectivity index (χ1v) is 5.69. The largest absolute Gasteiger partial charge is 0.328 e. The molecule has 0 atom stereocenters. The minimum absolute atomic E-state index is 0.236. The summed E-state index contributed by atoms with van der Waals surface area (Å²) in [5.41, 5.74) is 0.00624. The number of urea groups is 1. The van der Waals surface area contributed by atoms with Crippen LogP contribution >= 0.6 is 0 Å². The molecule has 5 nitrogen and oxygen atoms in total. The third-order valence-electron chi connectivity index (χ3n) is 2.28. The Morgan fingerprint density at radius 1 is 1.15 bits per heavy atom. The van der Waals surface area contributed by atoms with Crippen molar-refractivity contribution in [3.63, 3.8) is 0 Å². The first-order valence-electron chi connectivity index (χ1n) is 5.69. The van der Waals surface area contributed by atoms with E-state index in [9.17, 15) is 18.8 Å². The summed E-state index contributed by atoms with van der Waals surface area (Å²) in [6, 6.07) is -0.867. The number of hydrogen-bond donors (Lipinski definition) is 2. The maximum atomic E-state index is 13.4. The third-order valence-corrected chi connectivity index (χ3v) is 2.28. The number of rotatable bonds is 4. The number of imide groups is 2. The van der Waals surface area contributed by atoms with E-state index in [0.717, 1.165) is 6.08 Å². The highest BCUT2D eigenvalue weighted by Gasteiger charge is 2.26. The molecule has 104 valence electrons. The summed E-state index contributed by atoms with van der Waals surface area (Å²) in [6.45, 7) is 5.03. The molecule has 0 saturated carbocycles. The number of carbonyl (C=O) groups is 3. The van der Waals surface area contributed by atoms with E-state index in [0.29, 0.717) is 0 Å². The van der Waals surface area contributed by atoms with Crippen molar-refractivity contribution in [1.82, 2.24) is 10.6 Å². The molecule has 0 bridgehead atoms. The zero-order valence-corrected chi connectivity index (χ0v) is 10.8. The lowest BCUT2D eigenvalue weighted by Crippen LogP contribution is -2.51. The second-order valence-corrected chi connectivity index (χ2v) is 3.68. The predicted octanol–water partition coefficient (Wildman–Crippen LogP) is 1.82. The van der Waals surface area contributed by atoms with Crippen LogP contribution in [0.4, 0.5) is 9.18 Å². The van der Waals surface area contributed by atoms with Crippen molar-refractivity contribution >= 4 is 17.8 Å². The Morgan fingerprint density at radius 3 is 2.25 bits per heavy atom. The number of nitrogens with one attached hydrogen (secondary N) is 2. The fourth-order valence-corrected chi connectivity index (χ4v) is 1.39.